The Morgan fingerprint density at radius 2 is 2.05 bits per heavy atom. The quantitative estimate of drug-likeness (QED) is 0.734. The second-order valence-corrected chi connectivity index (χ2v) is 5.26. The minimum absolute atomic E-state index is 0.00851. The lowest BCUT2D eigenvalue weighted by atomic mass is 10.1. The molecule has 1 amide bonds. The molecule has 21 heavy (non-hydrogen) atoms. The largest absolute Gasteiger partial charge is 0.461 e. The highest BCUT2D eigenvalue weighted by molar-refractivity contribution is 5.82. The summed E-state index contributed by atoms with van der Waals surface area (Å²) in [6.45, 7) is 5.90. The van der Waals surface area contributed by atoms with Crippen molar-refractivity contribution < 1.29 is 9.21 Å². The molecule has 0 saturated carbocycles. The SMILES string of the molecule is CCCCc1oc2ccccc2c1CNCCNC(C)=O. The maximum Gasteiger partial charge on any atom is 0.216 e. The number of hydrogen-bond acceptors (Lipinski definition) is 3. The normalized spacial score (nSPS) is 11.0. The van der Waals surface area contributed by atoms with Crippen molar-refractivity contribution in [3.05, 3.63) is 35.6 Å². The van der Waals surface area contributed by atoms with Crippen molar-refractivity contribution in [2.24, 2.45) is 0 Å². The number of unbranched alkanes of at least 4 members (excludes halogenated alkanes) is 1. The van der Waals surface area contributed by atoms with Gasteiger partial charge in [-0.2, -0.15) is 0 Å². The zero-order valence-corrected chi connectivity index (χ0v) is 12.9. The summed E-state index contributed by atoms with van der Waals surface area (Å²) < 4.78 is 5.99. The number of benzene rings is 1. The summed E-state index contributed by atoms with van der Waals surface area (Å²) in [5.41, 5.74) is 2.21. The standard InChI is InChI=1S/C17H24N2O2/c1-3-4-8-17-15(12-18-10-11-19-13(2)20)14-7-5-6-9-16(14)21-17/h5-7,9,18H,3-4,8,10-12H2,1-2H3,(H,19,20). The summed E-state index contributed by atoms with van der Waals surface area (Å²) in [5, 5.41) is 7.35. The molecule has 0 aliphatic rings. The molecule has 0 atom stereocenters. The minimum atomic E-state index is 0.00851. The van der Waals surface area contributed by atoms with E-state index in [1.807, 2.05) is 18.2 Å². The highest BCUT2D eigenvalue weighted by Gasteiger charge is 2.12. The molecule has 1 heterocycles. The topological polar surface area (TPSA) is 54.3 Å². The van der Waals surface area contributed by atoms with Gasteiger partial charge in [0, 0.05) is 43.9 Å². The van der Waals surface area contributed by atoms with Gasteiger partial charge in [0.05, 0.1) is 0 Å². The molecule has 0 spiro atoms. The number of amides is 1. The summed E-state index contributed by atoms with van der Waals surface area (Å²) in [6.07, 6.45) is 3.28. The van der Waals surface area contributed by atoms with Crippen molar-refractivity contribution in [1.82, 2.24) is 10.6 Å². The molecule has 4 nitrogen and oxygen atoms in total. The van der Waals surface area contributed by atoms with Crippen LogP contribution in [-0.2, 0) is 17.8 Å². The molecular formula is C17H24N2O2. The van der Waals surface area contributed by atoms with Crippen molar-refractivity contribution in [3.8, 4) is 0 Å². The summed E-state index contributed by atoms with van der Waals surface area (Å²) in [6, 6.07) is 8.18. The first-order chi connectivity index (χ1) is 10.2. The average molecular weight is 288 g/mol. The molecule has 0 fully saturated rings. The molecule has 0 saturated heterocycles. The Hall–Kier alpha value is -1.81. The number of hydrogen-bond donors (Lipinski definition) is 2. The smallest absolute Gasteiger partial charge is 0.216 e. The van der Waals surface area contributed by atoms with Gasteiger partial charge in [-0.3, -0.25) is 4.79 Å². The zero-order chi connectivity index (χ0) is 15.1. The van der Waals surface area contributed by atoms with E-state index in [2.05, 4.69) is 23.6 Å². The Morgan fingerprint density at radius 3 is 2.81 bits per heavy atom. The average Bonchev–Trinajstić information content (AvgIpc) is 2.82. The molecule has 0 aliphatic heterocycles. The maximum atomic E-state index is 10.8. The number of para-hydroxylation sites is 1. The van der Waals surface area contributed by atoms with Crippen LogP contribution in [0, 0.1) is 0 Å². The Bertz CT molecular complexity index is 589. The van der Waals surface area contributed by atoms with E-state index >= 15 is 0 Å². The Labute approximate surface area is 125 Å². The van der Waals surface area contributed by atoms with Gasteiger partial charge in [0.15, 0.2) is 0 Å². The number of aryl methyl sites for hydroxylation is 1. The molecular weight excluding hydrogens is 264 g/mol. The maximum absolute atomic E-state index is 10.8. The molecule has 2 rings (SSSR count). The van der Waals surface area contributed by atoms with Gasteiger partial charge in [-0.15, -0.1) is 0 Å². The van der Waals surface area contributed by atoms with Crippen LogP contribution in [0.15, 0.2) is 28.7 Å². The van der Waals surface area contributed by atoms with Gasteiger partial charge in [0.25, 0.3) is 0 Å². The van der Waals surface area contributed by atoms with E-state index in [9.17, 15) is 4.79 Å². The van der Waals surface area contributed by atoms with Crippen LogP contribution >= 0.6 is 0 Å². The van der Waals surface area contributed by atoms with E-state index in [-0.39, 0.29) is 5.91 Å². The zero-order valence-electron chi connectivity index (χ0n) is 12.9. The van der Waals surface area contributed by atoms with Crippen molar-refractivity contribution in [1.29, 1.82) is 0 Å². The first-order valence-corrected chi connectivity index (χ1v) is 7.66. The van der Waals surface area contributed by atoms with Crippen LogP contribution in [0.1, 0.15) is 38.0 Å². The molecule has 4 heteroatoms. The Morgan fingerprint density at radius 1 is 1.24 bits per heavy atom. The van der Waals surface area contributed by atoms with Crippen LogP contribution < -0.4 is 10.6 Å². The third kappa shape index (κ3) is 4.33. The lowest BCUT2D eigenvalue weighted by Gasteiger charge is -2.06. The van der Waals surface area contributed by atoms with Crippen LogP contribution in [-0.4, -0.2) is 19.0 Å². The van der Waals surface area contributed by atoms with Crippen LogP contribution in [0.5, 0.6) is 0 Å². The van der Waals surface area contributed by atoms with Crippen molar-refractivity contribution in [3.63, 3.8) is 0 Å². The van der Waals surface area contributed by atoms with Gasteiger partial charge in [0.2, 0.25) is 5.91 Å². The molecule has 1 aromatic carbocycles. The van der Waals surface area contributed by atoms with E-state index in [1.54, 1.807) is 0 Å². The van der Waals surface area contributed by atoms with Crippen LogP contribution in [0.25, 0.3) is 11.0 Å². The fourth-order valence-corrected chi connectivity index (χ4v) is 2.42. The molecule has 2 N–H and O–H groups in total. The number of nitrogens with one attached hydrogen (secondary N) is 2. The number of fused-ring (bicyclic) bond motifs is 1. The number of carbonyl (C=O) groups excluding carboxylic acids is 1. The summed E-state index contributed by atoms with van der Waals surface area (Å²) in [7, 11) is 0. The van der Waals surface area contributed by atoms with Crippen LogP contribution in [0.2, 0.25) is 0 Å². The molecule has 0 unspecified atom stereocenters. The third-order valence-electron chi connectivity index (χ3n) is 3.52. The van der Waals surface area contributed by atoms with Gasteiger partial charge in [-0.05, 0) is 12.5 Å². The molecule has 2 aromatic rings. The van der Waals surface area contributed by atoms with E-state index in [1.165, 1.54) is 17.9 Å². The Balaban J connectivity index is 2.03. The van der Waals surface area contributed by atoms with E-state index in [4.69, 9.17) is 4.42 Å². The number of rotatable bonds is 8. The number of furan rings is 1. The van der Waals surface area contributed by atoms with E-state index < -0.39 is 0 Å². The first-order valence-electron chi connectivity index (χ1n) is 7.66. The first kappa shape index (κ1) is 15.6. The van der Waals surface area contributed by atoms with Crippen molar-refractivity contribution in [2.75, 3.05) is 13.1 Å². The van der Waals surface area contributed by atoms with Crippen LogP contribution in [0.3, 0.4) is 0 Å². The lowest BCUT2D eigenvalue weighted by molar-refractivity contribution is -0.118. The molecule has 0 radical (unpaired) electrons. The Kier molecular flexibility index (Phi) is 5.81. The lowest BCUT2D eigenvalue weighted by Crippen LogP contribution is -2.30. The predicted octanol–water partition coefficient (Wildman–Crippen LogP) is 3.00. The minimum Gasteiger partial charge on any atom is -0.461 e. The van der Waals surface area contributed by atoms with Gasteiger partial charge < -0.3 is 15.1 Å². The summed E-state index contributed by atoms with van der Waals surface area (Å²) >= 11 is 0. The van der Waals surface area contributed by atoms with Gasteiger partial charge in [-0.1, -0.05) is 31.5 Å². The predicted molar refractivity (Wildman–Crippen MR) is 85.2 cm³/mol. The summed E-state index contributed by atoms with van der Waals surface area (Å²) in [5.74, 6) is 1.10. The molecule has 114 valence electrons. The fraction of sp³-hybridized carbons (Fsp3) is 0.471. The third-order valence-corrected chi connectivity index (χ3v) is 3.52. The van der Waals surface area contributed by atoms with Gasteiger partial charge in [-0.25, -0.2) is 0 Å². The van der Waals surface area contributed by atoms with Gasteiger partial charge >= 0.3 is 0 Å². The van der Waals surface area contributed by atoms with Crippen LogP contribution in [0.4, 0.5) is 0 Å². The van der Waals surface area contributed by atoms with Gasteiger partial charge in [0.1, 0.15) is 11.3 Å². The number of carbonyl (C=O) groups is 1. The highest BCUT2D eigenvalue weighted by atomic mass is 16.3. The second kappa shape index (κ2) is 7.84. The molecule has 0 bridgehead atoms. The monoisotopic (exact) mass is 288 g/mol. The van der Waals surface area contributed by atoms with Crippen molar-refractivity contribution in [2.45, 2.75) is 39.7 Å². The summed E-state index contributed by atoms with van der Waals surface area (Å²) in [4.78, 5) is 10.8. The van der Waals surface area contributed by atoms with Crippen molar-refractivity contribution >= 4 is 16.9 Å². The molecule has 0 aliphatic carbocycles. The molecule has 1 aromatic heterocycles. The highest BCUT2D eigenvalue weighted by Crippen LogP contribution is 2.26. The second-order valence-electron chi connectivity index (χ2n) is 5.26. The van der Waals surface area contributed by atoms with E-state index in [0.29, 0.717) is 6.54 Å². The fourth-order valence-electron chi connectivity index (χ4n) is 2.42. The van der Waals surface area contributed by atoms with E-state index in [0.717, 1.165) is 43.7 Å².